The zero-order chi connectivity index (χ0) is 15.5. The van der Waals surface area contributed by atoms with Gasteiger partial charge in [0.2, 0.25) is 10.0 Å². The lowest BCUT2D eigenvalue weighted by molar-refractivity contribution is 0.478. The first-order chi connectivity index (χ1) is 9.87. The van der Waals surface area contributed by atoms with E-state index in [0.717, 1.165) is 5.56 Å². The largest absolute Gasteiger partial charge is 0.268 e. The Hall–Kier alpha value is -1.73. The van der Waals surface area contributed by atoms with Gasteiger partial charge in [-0.15, -0.1) is 0 Å². The molecule has 0 bridgehead atoms. The minimum Gasteiger partial charge on any atom is -0.268 e. The summed E-state index contributed by atoms with van der Waals surface area (Å²) in [5.41, 5.74) is 1.17. The summed E-state index contributed by atoms with van der Waals surface area (Å²) in [5, 5.41) is 4.14. The van der Waals surface area contributed by atoms with E-state index in [-0.39, 0.29) is 23.9 Å². The number of halogens is 1. The fourth-order valence-corrected chi connectivity index (χ4v) is 3.13. The first-order valence-corrected chi connectivity index (χ1v) is 8.24. The summed E-state index contributed by atoms with van der Waals surface area (Å²) in [5.74, 6) is -0.886. The Morgan fingerprint density at radius 3 is 2.71 bits per heavy atom. The number of nitrogens with zero attached hydrogens (tertiary/aromatic N) is 2. The van der Waals surface area contributed by atoms with E-state index in [2.05, 4.69) is 9.82 Å². The molecule has 0 unspecified atom stereocenters. The van der Waals surface area contributed by atoms with Crippen molar-refractivity contribution in [1.29, 1.82) is 0 Å². The number of rotatable bonds is 6. The number of benzene rings is 1. The standard InChI is InChI=1S/C14H18FN3O2S/c1-11-7-16-18(9-11)12(2)8-17-21(19,20)10-13-5-3-4-6-14(13)15/h3-7,9,12,17H,8,10H2,1-2H3/t12-/m0/s1. The van der Waals surface area contributed by atoms with E-state index in [1.165, 1.54) is 18.2 Å². The summed E-state index contributed by atoms with van der Waals surface area (Å²) < 4.78 is 41.6. The maximum Gasteiger partial charge on any atom is 0.215 e. The second-order valence-corrected chi connectivity index (χ2v) is 6.85. The molecule has 1 aromatic carbocycles. The molecular weight excluding hydrogens is 293 g/mol. The van der Waals surface area contributed by atoms with Gasteiger partial charge in [-0.2, -0.15) is 5.10 Å². The smallest absolute Gasteiger partial charge is 0.215 e. The molecule has 0 fully saturated rings. The van der Waals surface area contributed by atoms with Crippen LogP contribution in [-0.2, 0) is 15.8 Å². The lowest BCUT2D eigenvalue weighted by atomic mass is 10.2. The summed E-state index contributed by atoms with van der Waals surface area (Å²) in [6, 6.07) is 5.74. The molecule has 0 aliphatic carbocycles. The highest BCUT2D eigenvalue weighted by Gasteiger charge is 2.16. The van der Waals surface area contributed by atoms with Crippen LogP contribution < -0.4 is 4.72 Å². The van der Waals surface area contributed by atoms with Gasteiger partial charge >= 0.3 is 0 Å². The molecular formula is C14H18FN3O2S. The topological polar surface area (TPSA) is 64.0 Å². The van der Waals surface area contributed by atoms with Crippen molar-refractivity contribution < 1.29 is 12.8 Å². The number of aryl methyl sites for hydroxylation is 1. The number of hydrogen-bond acceptors (Lipinski definition) is 3. The highest BCUT2D eigenvalue weighted by atomic mass is 32.2. The number of sulfonamides is 1. The fraction of sp³-hybridized carbons (Fsp3) is 0.357. The summed E-state index contributed by atoms with van der Waals surface area (Å²) in [7, 11) is -3.58. The van der Waals surface area contributed by atoms with Crippen molar-refractivity contribution in [3.8, 4) is 0 Å². The lowest BCUT2D eigenvalue weighted by Crippen LogP contribution is -2.31. The van der Waals surface area contributed by atoms with E-state index in [4.69, 9.17) is 0 Å². The van der Waals surface area contributed by atoms with Gasteiger partial charge in [-0.05, 0) is 25.5 Å². The molecule has 0 radical (unpaired) electrons. The Balaban J connectivity index is 1.97. The van der Waals surface area contributed by atoms with E-state index in [1.807, 2.05) is 20.0 Å². The Kier molecular flexibility index (Phi) is 4.74. The van der Waals surface area contributed by atoms with Crippen LogP contribution in [0.4, 0.5) is 4.39 Å². The normalized spacial score (nSPS) is 13.3. The van der Waals surface area contributed by atoms with Crippen molar-refractivity contribution in [2.45, 2.75) is 25.6 Å². The van der Waals surface area contributed by atoms with Crippen LogP contribution in [0.25, 0.3) is 0 Å². The van der Waals surface area contributed by atoms with E-state index in [0.29, 0.717) is 0 Å². The third-order valence-electron chi connectivity index (χ3n) is 3.08. The molecule has 0 aliphatic heterocycles. The molecule has 1 N–H and O–H groups in total. The molecule has 0 saturated carbocycles. The van der Waals surface area contributed by atoms with E-state index in [9.17, 15) is 12.8 Å². The van der Waals surface area contributed by atoms with Crippen molar-refractivity contribution >= 4 is 10.0 Å². The zero-order valence-electron chi connectivity index (χ0n) is 12.0. The van der Waals surface area contributed by atoms with E-state index >= 15 is 0 Å². The number of hydrogen-bond donors (Lipinski definition) is 1. The van der Waals surface area contributed by atoms with Gasteiger partial charge in [-0.25, -0.2) is 17.5 Å². The highest BCUT2D eigenvalue weighted by Crippen LogP contribution is 2.11. The molecule has 0 saturated heterocycles. The average Bonchev–Trinajstić information content (AvgIpc) is 2.85. The Labute approximate surface area is 123 Å². The van der Waals surface area contributed by atoms with Gasteiger partial charge < -0.3 is 0 Å². The summed E-state index contributed by atoms with van der Waals surface area (Å²) in [4.78, 5) is 0. The SMILES string of the molecule is Cc1cnn([C@@H](C)CNS(=O)(=O)Cc2ccccc2F)c1. The molecule has 7 heteroatoms. The zero-order valence-corrected chi connectivity index (χ0v) is 12.8. The molecule has 1 atom stereocenters. The Morgan fingerprint density at radius 2 is 2.10 bits per heavy atom. The second-order valence-electron chi connectivity index (χ2n) is 5.05. The van der Waals surface area contributed by atoms with Gasteiger partial charge in [0.1, 0.15) is 5.82 Å². The second kappa shape index (κ2) is 6.36. The molecule has 5 nitrogen and oxygen atoms in total. The van der Waals surface area contributed by atoms with Gasteiger partial charge in [-0.3, -0.25) is 4.68 Å². The van der Waals surface area contributed by atoms with Gasteiger partial charge in [-0.1, -0.05) is 18.2 Å². The van der Waals surface area contributed by atoms with Crippen molar-refractivity contribution in [2.24, 2.45) is 0 Å². The minimum absolute atomic E-state index is 0.117. The highest BCUT2D eigenvalue weighted by molar-refractivity contribution is 7.88. The molecule has 0 amide bonds. The molecule has 21 heavy (non-hydrogen) atoms. The quantitative estimate of drug-likeness (QED) is 0.887. The van der Waals surface area contributed by atoms with Gasteiger partial charge in [0.15, 0.2) is 0 Å². The van der Waals surface area contributed by atoms with Gasteiger partial charge in [0.05, 0.1) is 18.0 Å². The first kappa shape index (κ1) is 15.7. The molecule has 0 aliphatic rings. The van der Waals surface area contributed by atoms with Crippen LogP contribution in [0.3, 0.4) is 0 Å². The van der Waals surface area contributed by atoms with Crippen LogP contribution in [0, 0.1) is 12.7 Å². The Morgan fingerprint density at radius 1 is 1.38 bits per heavy atom. The number of aromatic nitrogens is 2. The molecule has 114 valence electrons. The maximum absolute atomic E-state index is 13.5. The third-order valence-corrected chi connectivity index (χ3v) is 4.38. The summed E-state index contributed by atoms with van der Waals surface area (Å²) in [6.45, 7) is 3.98. The van der Waals surface area contributed by atoms with Gasteiger partial charge in [0.25, 0.3) is 0 Å². The summed E-state index contributed by atoms with van der Waals surface area (Å²) >= 11 is 0. The predicted molar refractivity (Wildman–Crippen MR) is 78.7 cm³/mol. The summed E-state index contributed by atoms with van der Waals surface area (Å²) in [6.07, 6.45) is 3.56. The van der Waals surface area contributed by atoms with Crippen LogP contribution in [0.15, 0.2) is 36.7 Å². The van der Waals surface area contributed by atoms with Crippen LogP contribution >= 0.6 is 0 Å². The molecule has 1 heterocycles. The van der Waals surface area contributed by atoms with Crippen molar-refractivity contribution in [3.63, 3.8) is 0 Å². The monoisotopic (exact) mass is 311 g/mol. The van der Waals surface area contributed by atoms with Crippen molar-refractivity contribution in [1.82, 2.24) is 14.5 Å². The van der Waals surface area contributed by atoms with Gasteiger partial charge in [0, 0.05) is 18.3 Å². The van der Waals surface area contributed by atoms with Crippen LogP contribution in [-0.4, -0.2) is 24.7 Å². The predicted octanol–water partition coefficient (Wildman–Crippen LogP) is 2.01. The average molecular weight is 311 g/mol. The lowest BCUT2D eigenvalue weighted by Gasteiger charge is -2.13. The van der Waals surface area contributed by atoms with Crippen LogP contribution in [0.1, 0.15) is 24.1 Å². The molecule has 2 aromatic rings. The first-order valence-electron chi connectivity index (χ1n) is 6.59. The van der Waals surface area contributed by atoms with Crippen LogP contribution in [0.2, 0.25) is 0 Å². The van der Waals surface area contributed by atoms with E-state index in [1.54, 1.807) is 16.9 Å². The van der Waals surface area contributed by atoms with Crippen molar-refractivity contribution in [3.05, 3.63) is 53.6 Å². The molecule has 2 rings (SSSR count). The maximum atomic E-state index is 13.5. The molecule has 0 spiro atoms. The third kappa shape index (κ3) is 4.37. The van der Waals surface area contributed by atoms with E-state index < -0.39 is 15.8 Å². The fourth-order valence-electron chi connectivity index (χ4n) is 1.89. The Bertz CT molecular complexity index is 713. The van der Waals surface area contributed by atoms with Crippen molar-refractivity contribution in [2.75, 3.05) is 6.54 Å². The molecule has 1 aromatic heterocycles. The number of nitrogens with one attached hydrogen (secondary N) is 1. The minimum atomic E-state index is -3.58. The van der Waals surface area contributed by atoms with Crippen LogP contribution in [0.5, 0.6) is 0 Å².